The lowest BCUT2D eigenvalue weighted by Crippen LogP contribution is -2.12. The molecule has 0 unspecified atom stereocenters. The topological polar surface area (TPSA) is 52.0 Å². The van der Waals surface area contributed by atoms with Gasteiger partial charge in [-0.1, -0.05) is 6.92 Å². The summed E-state index contributed by atoms with van der Waals surface area (Å²) in [6.07, 6.45) is 2.36. The summed E-state index contributed by atoms with van der Waals surface area (Å²) in [6, 6.07) is 1.91. The third-order valence-corrected chi connectivity index (χ3v) is 3.98. The third kappa shape index (κ3) is 3.14. The minimum Gasteiger partial charge on any atom is -0.270 e. The average molecular weight is 216 g/mol. The van der Waals surface area contributed by atoms with E-state index in [0.29, 0.717) is 13.0 Å². The maximum atomic E-state index is 11.2. The van der Waals surface area contributed by atoms with Crippen molar-refractivity contribution in [3.8, 4) is 0 Å². The molecule has 0 saturated carbocycles. The summed E-state index contributed by atoms with van der Waals surface area (Å²) in [5.41, 5.74) is 1.07. The summed E-state index contributed by atoms with van der Waals surface area (Å²) < 4.78 is 24.2. The predicted molar refractivity (Wildman–Crippen MR) is 55.9 cm³/mol. The lowest BCUT2D eigenvalue weighted by atomic mass is 10.4. The number of nitrogens with zero attached hydrogens (tertiary/aromatic N) is 2. The molecule has 0 aliphatic carbocycles. The molecule has 0 fully saturated rings. The van der Waals surface area contributed by atoms with Crippen molar-refractivity contribution in [1.29, 1.82) is 0 Å². The summed E-state index contributed by atoms with van der Waals surface area (Å²) >= 11 is 0. The molecule has 4 nitrogen and oxygen atoms in total. The minimum atomic E-state index is -2.83. The number of rotatable bonds is 5. The first-order chi connectivity index (χ1) is 6.55. The predicted octanol–water partition coefficient (Wildman–Crippen LogP) is 1.02. The van der Waals surface area contributed by atoms with E-state index in [2.05, 4.69) is 5.10 Å². The molecular formula is C9H16N2O2S. The first kappa shape index (κ1) is 11.2. The van der Waals surface area contributed by atoms with Crippen LogP contribution < -0.4 is 0 Å². The van der Waals surface area contributed by atoms with Gasteiger partial charge in [-0.05, 0) is 19.4 Å². The van der Waals surface area contributed by atoms with Crippen molar-refractivity contribution >= 4 is 9.84 Å². The van der Waals surface area contributed by atoms with Gasteiger partial charge in [0.1, 0.15) is 9.84 Å². The molecule has 0 aromatic carbocycles. The van der Waals surface area contributed by atoms with Crippen LogP contribution in [0.1, 0.15) is 19.0 Å². The van der Waals surface area contributed by atoms with E-state index in [4.69, 9.17) is 0 Å². The Balaban J connectivity index is 2.40. The van der Waals surface area contributed by atoms with Crippen LogP contribution in [-0.4, -0.2) is 29.7 Å². The lowest BCUT2D eigenvalue weighted by Gasteiger charge is -2.04. The molecule has 0 spiro atoms. The molecule has 1 rings (SSSR count). The van der Waals surface area contributed by atoms with Gasteiger partial charge >= 0.3 is 0 Å². The Morgan fingerprint density at radius 1 is 1.50 bits per heavy atom. The van der Waals surface area contributed by atoms with E-state index in [-0.39, 0.29) is 11.5 Å². The summed E-state index contributed by atoms with van der Waals surface area (Å²) in [6.45, 7) is 4.31. The molecule has 80 valence electrons. The Morgan fingerprint density at radius 2 is 2.21 bits per heavy atom. The molecule has 0 amide bonds. The molecule has 0 N–H and O–H groups in total. The van der Waals surface area contributed by atoms with Gasteiger partial charge in [-0.2, -0.15) is 5.10 Å². The molecule has 0 aliphatic heterocycles. The van der Waals surface area contributed by atoms with Crippen molar-refractivity contribution in [2.24, 2.45) is 0 Å². The van der Waals surface area contributed by atoms with Crippen molar-refractivity contribution in [1.82, 2.24) is 9.78 Å². The van der Waals surface area contributed by atoms with Crippen LogP contribution in [0.4, 0.5) is 0 Å². The molecule has 0 atom stereocenters. The van der Waals surface area contributed by atoms with Crippen LogP contribution in [-0.2, 0) is 16.4 Å². The van der Waals surface area contributed by atoms with Crippen molar-refractivity contribution < 1.29 is 8.42 Å². The number of aromatic nitrogens is 2. The SMILES string of the molecule is CCS(=O)(=O)CCCn1nccc1C. The smallest absolute Gasteiger partial charge is 0.150 e. The summed E-state index contributed by atoms with van der Waals surface area (Å²) in [5, 5.41) is 4.08. The van der Waals surface area contributed by atoms with Crippen LogP contribution in [0.15, 0.2) is 12.3 Å². The number of hydrogen-bond acceptors (Lipinski definition) is 3. The van der Waals surface area contributed by atoms with Crippen molar-refractivity contribution in [3.05, 3.63) is 18.0 Å². The van der Waals surface area contributed by atoms with Crippen LogP contribution in [0, 0.1) is 6.92 Å². The molecule has 0 bridgehead atoms. The summed E-state index contributed by atoms with van der Waals surface area (Å²) in [7, 11) is -2.83. The fourth-order valence-corrected chi connectivity index (χ4v) is 2.07. The molecule has 0 aliphatic rings. The van der Waals surface area contributed by atoms with Crippen LogP contribution >= 0.6 is 0 Å². The average Bonchev–Trinajstić information content (AvgIpc) is 2.52. The van der Waals surface area contributed by atoms with Gasteiger partial charge in [0.15, 0.2) is 0 Å². The van der Waals surface area contributed by atoms with Gasteiger partial charge in [0.25, 0.3) is 0 Å². The highest BCUT2D eigenvalue weighted by Gasteiger charge is 2.07. The van der Waals surface area contributed by atoms with Gasteiger partial charge in [-0.15, -0.1) is 0 Å². The zero-order valence-corrected chi connectivity index (χ0v) is 9.42. The molecule has 0 radical (unpaired) electrons. The van der Waals surface area contributed by atoms with Gasteiger partial charge < -0.3 is 0 Å². The summed E-state index contributed by atoms with van der Waals surface area (Å²) in [4.78, 5) is 0. The highest BCUT2D eigenvalue weighted by Crippen LogP contribution is 2.00. The molecular weight excluding hydrogens is 200 g/mol. The van der Waals surface area contributed by atoms with Crippen molar-refractivity contribution in [2.45, 2.75) is 26.8 Å². The van der Waals surface area contributed by atoms with E-state index in [9.17, 15) is 8.42 Å². The highest BCUT2D eigenvalue weighted by molar-refractivity contribution is 7.91. The number of sulfone groups is 1. The first-order valence-electron chi connectivity index (χ1n) is 4.74. The second-order valence-corrected chi connectivity index (χ2v) is 5.76. The zero-order valence-electron chi connectivity index (χ0n) is 8.60. The molecule has 5 heteroatoms. The maximum absolute atomic E-state index is 11.2. The second kappa shape index (κ2) is 4.59. The quantitative estimate of drug-likeness (QED) is 0.738. The Bertz CT molecular complexity index is 381. The van der Waals surface area contributed by atoms with Gasteiger partial charge in [0.2, 0.25) is 0 Å². The first-order valence-corrected chi connectivity index (χ1v) is 6.56. The van der Waals surface area contributed by atoms with Crippen LogP contribution in [0.25, 0.3) is 0 Å². The number of hydrogen-bond donors (Lipinski definition) is 0. The van der Waals surface area contributed by atoms with Crippen LogP contribution in [0.5, 0.6) is 0 Å². The third-order valence-electron chi connectivity index (χ3n) is 2.19. The number of aryl methyl sites for hydroxylation is 2. The lowest BCUT2D eigenvalue weighted by molar-refractivity contribution is 0.566. The Hall–Kier alpha value is -0.840. The Kier molecular flexibility index (Phi) is 3.69. The van der Waals surface area contributed by atoms with E-state index >= 15 is 0 Å². The standard InChI is InChI=1S/C9H16N2O2S/c1-3-14(12,13)8-4-7-11-9(2)5-6-10-11/h5-6H,3-4,7-8H2,1-2H3. The van der Waals surface area contributed by atoms with Gasteiger partial charge in [-0.25, -0.2) is 8.42 Å². The fraction of sp³-hybridized carbons (Fsp3) is 0.667. The minimum absolute atomic E-state index is 0.227. The normalized spacial score (nSPS) is 11.9. The molecule has 1 aromatic rings. The Morgan fingerprint density at radius 3 is 2.71 bits per heavy atom. The monoisotopic (exact) mass is 216 g/mol. The largest absolute Gasteiger partial charge is 0.270 e. The van der Waals surface area contributed by atoms with Crippen molar-refractivity contribution in [2.75, 3.05) is 11.5 Å². The maximum Gasteiger partial charge on any atom is 0.150 e. The van der Waals surface area contributed by atoms with E-state index in [1.165, 1.54) is 0 Å². The van der Waals surface area contributed by atoms with E-state index in [1.54, 1.807) is 13.1 Å². The highest BCUT2D eigenvalue weighted by atomic mass is 32.2. The van der Waals surface area contributed by atoms with Gasteiger partial charge in [-0.3, -0.25) is 4.68 Å². The van der Waals surface area contributed by atoms with Crippen LogP contribution in [0.3, 0.4) is 0 Å². The molecule has 14 heavy (non-hydrogen) atoms. The molecule has 0 saturated heterocycles. The van der Waals surface area contributed by atoms with Crippen LogP contribution in [0.2, 0.25) is 0 Å². The van der Waals surface area contributed by atoms with E-state index in [0.717, 1.165) is 5.69 Å². The van der Waals surface area contributed by atoms with Crippen molar-refractivity contribution in [3.63, 3.8) is 0 Å². The zero-order chi connectivity index (χ0) is 10.6. The van der Waals surface area contributed by atoms with E-state index < -0.39 is 9.84 Å². The van der Waals surface area contributed by atoms with Gasteiger partial charge in [0, 0.05) is 24.2 Å². The second-order valence-electron chi connectivity index (χ2n) is 3.29. The summed E-state index contributed by atoms with van der Waals surface area (Å²) in [5.74, 6) is 0.480. The van der Waals surface area contributed by atoms with Gasteiger partial charge in [0.05, 0.1) is 5.75 Å². The molecule has 1 heterocycles. The Labute approximate surface area is 84.9 Å². The fourth-order valence-electron chi connectivity index (χ4n) is 1.21. The van der Waals surface area contributed by atoms with E-state index in [1.807, 2.05) is 17.7 Å². The molecule has 1 aromatic heterocycles.